The molecular formula is C26H36N4O5. The number of anilines is 1. The van der Waals surface area contributed by atoms with Gasteiger partial charge in [0.1, 0.15) is 30.9 Å². The smallest absolute Gasteiger partial charge is 0.251 e. The van der Waals surface area contributed by atoms with Crippen LogP contribution in [-0.2, 0) is 14.3 Å². The van der Waals surface area contributed by atoms with E-state index in [9.17, 15) is 19.5 Å². The molecule has 35 heavy (non-hydrogen) atoms. The largest absolute Gasteiger partial charge is 0.388 e. The van der Waals surface area contributed by atoms with Gasteiger partial charge in [0.2, 0.25) is 5.91 Å². The zero-order chi connectivity index (χ0) is 24.7. The lowest BCUT2D eigenvalue weighted by Crippen LogP contribution is -2.52. The van der Waals surface area contributed by atoms with E-state index in [0.29, 0.717) is 12.0 Å². The molecule has 3 aliphatic heterocycles. The lowest BCUT2D eigenvalue weighted by atomic mass is 10.0. The molecule has 2 N–H and O–H groups in total. The lowest BCUT2D eigenvalue weighted by Gasteiger charge is -2.36. The van der Waals surface area contributed by atoms with Crippen LogP contribution in [0.1, 0.15) is 43.5 Å². The van der Waals surface area contributed by atoms with Gasteiger partial charge in [-0.3, -0.25) is 19.3 Å². The van der Waals surface area contributed by atoms with E-state index in [1.165, 1.54) is 17.7 Å². The van der Waals surface area contributed by atoms with Gasteiger partial charge >= 0.3 is 0 Å². The van der Waals surface area contributed by atoms with E-state index in [1.807, 2.05) is 26.0 Å². The third-order valence-electron chi connectivity index (χ3n) is 7.62. The quantitative estimate of drug-likeness (QED) is 0.586. The Hall–Kier alpha value is -2.49. The highest BCUT2D eigenvalue weighted by atomic mass is 16.5. The molecule has 4 fully saturated rings. The fraction of sp³-hybridized carbons (Fsp3) is 0.654. The summed E-state index contributed by atoms with van der Waals surface area (Å²) in [7, 11) is 0. The van der Waals surface area contributed by atoms with Crippen LogP contribution in [-0.4, -0.2) is 102 Å². The molecule has 0 radical (unpaired) electrons. The first-order valence-corrected chi connectivity index (χ1v) is 12.8. The standard InChI is InChI=1S/C26H36N4O5/c1-16(2)13-20(26(34)30-14-21(31)24-23(30)22(32)15-35-24)27-25(33)17-3-5-18(6-4-17)28-9-11-29(12-10-28)19-7-8-19/h3-6,16,19-21,23-24,31H,7-15H2,1-2H3,(H,27,33)/t20-,21-,23+,24+/m0/s1. The maximum atomic E-state index is 13.4. The number of aliphatic hydroxyl groups is 1. The van der Waals surface area contributed by atoms with E-state index in [1.54, 1.807) is 12.1 Å². The molecule has 4 atom stereocenters. The van der Waals surface area contributed by atoms with Crippen molar-refractivity contribution in [1.82, 2.24) is 15.1 Å². The predicted octanol–water partition coefficient (Wildman–Crippen LogP) is 0.655. The minimum absolute atomic E-state index is 0.0348. The van der Waals surface area contributed by atoms with Crippen LogP contribution >= 0.6 is 0 Å². The average molecular weight is 485 g/mol. The Labute approximate surface area is 206 Å². The minimum Gasteiger partial charge on any atom is -0.388 e. The number of fused-ring (bicyclic) bond motifs is 1. The Bertz CT molecular complexity index is 955. The number of nitrogens with one attached hydrogen (secondary N) is 1. The lowest BCUT2D eigenvalue weighted by molar-refractivity contribution is -0.138. The molecule has 5 rings (SSSR count). The molecule has 190 valence electrons. The van der Waals surface area contributed by atoms with Crippen molar-refractivity contribution in [1.29, 1.82) is 0 Å². The Morgan fingerprint density at radius 1 is 1.11 bits per heavy atom. The number of β-amino-alcohol motifs (C(OH)–C–C–N with tert-alkyl or cyclic N) is 1. The van der Waals surface area contributed by atoms with E-state index in [-0.39, 0.29) is 36.7 Å². The second-order valence-electron chi connectivity index (χ2n) is 10.7. The zero-order valence-corrected chi connectivity index (χ0v) is 20.6. The molecule has 0 aromatic heterocycles. The number of piperazine rings is 1. The van der Waals surface area contributed by atoms with Crippen molar-refractivity contribution < 1.29 is 24.2 Å². The number of ketones is 1. The Balaban J connectivity index is 1.23. The van der Waals surface area contributed by atoms with Gasteiger partial charge in [-0.15, -0.1) is 0 Å². The first-order chi connectivity index (χ1) is 16.8. The van der Waals surface area contributed by atoms with E-state index in [4.69, 9.17) is 4.74 Å². The SMILES string of the molecule is CC(C)C[C@H](NC(=O)c1ccc(N2CCN(C3CC3)CC2)cc1)C(=O)N1C[C@H](O)[C@H]2OCC(=O)[C@H]21. The summed E-state index contributed by atoms with van der Waals surface area (Å²) in [4.78, 5) is 45.1. The highest BCUT2D eigenvalue weighted by Gasteiger charge is 2.52. The molecule has 1 aromatic rings. The summed E-state index contributed by atoms with van der Waals surface area (Å²) in [5, 5.41) is 13.2. The molecule has 9 nitrogen and oxygen atoms in total. The second kappa shape index (κ2) is 9.87. The number of ether oxygens (including phenoxy) is 1. The monoisotopic (exact) mass is 484 g/mol. The van der Waals surface area contributed by atoms with Crippen LogP contribution in [0.2, 0.25) is 0 Å². The highest BCUT2D eigenvalue weighted by molar-refractivity contribution is 5.99. The number of amides is 2. The maximum absolute atomic E-state index is 13.4. The van der Waals surface area contributed by atoms with Crippen LogP contribution in [0.4, 0.5) is 5.69 Å². The number of Topliss-reactive ketones (excluding diaryl/α,β-unsaturated/α-hetero) is 1. The molecule has 3 heterocycles. The van der Waals surface area contributed by atoms with Gasteiger partial charge in [0.05, 0.1) is 6.54 Å². The minimum atomic E-state index is -0.899. The number of hydrogen-bond acceptors (Lipinski definition) is 7. The van der Waals surface area contributed by atoms with Crippen molar-refractivity contribution in [3.63, 3.8) is 0 Å². The Morgan fingerprint density at radius 2 is 1.80 bits per heavy atom. The van der Waals surface area contributed by atoms with Crippen LogP contribution in [0, 0.1) is 5.92 Å². The van der Waals surface area contributed by atoms with Gasteiger partial charge in [-0.05, 0) is 49.4 Å². The van der Waals surface area contributed by atoms with E-state index in [0.717, 1.165) is 37.9 Å². The zero-order valence-electron chi connectivity index (χ0n) is 20.6. The topological polar surface area (TPSA) is 102 Å². The van der Waals surface area contributed by atoms with Crippen LogP contribution in [0.3, 0.4) is 0 Å². The van der Waals surface area contributed by atoms with E-state index < -0.39 is 24.3 Å². The van der Waals surface area contributed by atoms with E-state index >= 15 is 0 Å². The molecule has 0 bridgehead atoms. The first kappa shape index (κ1) is 24.2. The Kier molecular flexibility index (Phi) is 6.83. The number of carbonyl (C=O) groups is 3. The van der Waals surface area contributed by atoms with Crippen molar-refractivity contribution >= 4 is 23.3 Å². The number of carbonyl (C=O) groups excluding carboxylic acids is 3. The summed E-state index contributed by atoms with van der Waals surface area (Å²) in [5.41, 5.74) is 1.59. The normalized spacial score (nSPS) is 27.9. The molecule has 3 saturated heterocycles. The number of rotatable bonds is 7. The summed E-state index contributed by atoms with van der Waals surface area (Å²) in [6.07, 6.45) is 1.51. The first-order valence-electron chi connectivity index (χ1n) is 12.8. The van der Waals surface area contributed by atoms with Gasteiger partial charge in [-0.25, -0.2) is 0 Å². The molecule has 1 aromatic carbocycles. The number of nitrogens with zero attached hydrogens (tertiary/aromatic N) is 3. The molecule has 1 saturated carbocycles. The van der Waals surface area contributed by atoms with Crippen molar-refractivity contribution in [3.05, 3.63) is 29.8 Å². The summed E-state index contributed by atoms with van der Waals surface area (Å²) < 4.78 is 5.39. The predicted molar refractivity (Wildman–Crippen MR) is 130 cm³/mol. The summed E-state index contributed by atoms with van der Waals surface area (Å²) in [6, 6.07) is 6.78. The Morgan fingerprint density at radius 3 is 2.43 bits per heavy atom. The van der Waals surface area contributed by atoms with Crippen molar-refractivity contribution in [2.45, 2.75) is 63.4 Å². The highest BCUT2D eigenvalue weighted by Crippen LogP contribution is 2.30. The van der Waals surface area contributed by atoms with E-state index in [2.05, 4.69) is 15.1 Å². The molecule has 2 amide bonds. The number of benzene rings is 1. The third kappa shape index (κ3) is 5.08. The number of hydrogen-bond donors (Lipinski definition) is 2. The fourth-order valence-electron chi connectivity index (χ4n) is 5.60. The van der Waals surface area contributed by atoms with Crippen LogP contribution in [0.25, 0.3) is 0 Å². The van der Waals surface area contributed by atoms with Crippen LogP contribution in [0.15, 0.2) is 24.3 Å². The fourth-order valence-corrected chi connectivity index (χ4v) is 5.60. The summed E-state index contributed by atoms with van der Waals surface area (Å²) >= 11 is 0. The molecule has 1 aliphatic carbocycles. The van der Waals surface area contributed by atoms with Gasteiger partial charge < -0.3 is 25.0 Å². The van der Waals surface area contributed by atoms with Crippen molar-refractivity contribution in [2.75, 3.05) is 44.2 Å². The van der Waals surface area contributed by atoms with Gasteiger partial charge in [-0.1, -0.05) is 13.8 Å². The summed E-state index contributed by atoms with van der Waals surface area (Å²) in [5.74, 6) is -0.718. The molecule has 9 heteroatoms. The van der Waals surface area contributed by atoms with Crippen LogP contribution in [0.5, 0.6) is 0 Å². The second-order valence-corrected chi connectivity index (χ2v) is 10.7. The molecular weight excluding hydrogens is 448 g/mol. The number of aliphatic hydroxyl groups excluding tert-OH is 1. The van der Waals surface area contributed by atoms with Gasteiger partial charge in [0, 0.05) is 43.5 Å². The average Bonchev–Trinajstić information content (AvgIpc) is 3.55. The molecule has 0 unspecified atom stereocenters. The molecule has 4 aliphatic rings. The molecule has 0 spiro atoms. The number of likely N-dealkylation sites (tertiary alicyclic amines) is 1. The summed E-state index contributed by atoms with van der Waals surface area (Å²) in [6.45, 7) is 8.02. The van der Waals surface area contributed by atoms with Gasteiger partial charge in [0.25, 0.3) is 5.91 Å². The van der Waals surface area contributed by atoms with Gasteiger partial charge in [0.15, 0.2) is 5.78 Å². The van der Waals surface area contributed by atoms with Crippen molar-refractivity contribution in [2.24, 2.45) is 5.92 Å². The third-order valence-corrected chi connectivity index (χ3v) is 7.62. The maximum Gasteiger partial charge on any atom is 0.251 e. The van der Waals surface area contributed by atoms with Crippen LogP contribution < -0.4 is 10.2 Å². The van der Waals surface area contributed by atoms with Gasteiger partial charge in [-0.2, -0.15) is 0 Å². The van der Waals surface area contributed by atoms with Crippen molar-refractivity contribution in [3.8, 4) is 0 Å².